The Morgan fingerprint density at radius 3 is 2.71 bits per heavy atom. The molecule has 2 aromatic carbocycles. The fraction of sp³-hybridized carbons (Fsp3) is 0.318. The number of ether oxygens (including phenoxy) is 1. The monoisotopic (exact) mass is 376 g/mol. The summed E-state index contributed by atoms with van der Waals surface area (Å²) in [7, 11) is 0. The van der Waals surface area contributed by atoms with Gasteiger partial charge in [-0.2, -0.15) is 0 Å². The Balaban J connectivity index is 1.39. The SMILES string of the molecule is O=C(NCCc1nnc2n1CCCCC2)c1ccccc1Oc1ccccc1. The molecule has 0 saturated heterocycles. The number of benzene rings is 2. The van der Waals surface area contributed by atoms with Gasteiger partial charge in [0.05, 0.1) is 5.56 Å². The lowest BCUT2D eigenvalue weighted by molar-refractivity contribution is 0.0951. The number of amides is 1. The number of hydrogen-bond acceptors (Lipinski definition) is 4. The van der Waals surface area contributed by atoms with E-state index in [1.54, 1.807) is 12.1 Å². The minimum Gasteiger partial charge on any atom is -0.457 e. The van der Waals surface area contributed by atoms with Crippen LogP contribution < -0.4 is 10.1 Å². The van der Waals surface area contributed by atoms with Gasteiger partial charge in [0.15, 0.2) is 0 Å². The second kappa shape index (κ2) is 8.69. The predicted octanol–water partition coefficient (Wildman–Crippen LogP) is 3.77. The van der Waals surface area contributed by atoms with Crippen molar-refractivity contribution in [1.82, 2.24) is 20.1 Å². The highest BCUT2D eigenvalue weighted by molar-refractivity contribution is 5.97. The lowest BCUT2D eigenvalue weighted by Gasteiger charge is -2.12. The highest BCUT2D eigenvalue weighted by atomic mass is 16.5. The van der Waals surface area contributed by atoms with Crippen molar-refractivity contribution in [2.24, 2.45) is 0 Å². The number of fused-ring (bicyclic) bond motifs is 1. The highest BCUT2D eigenvalue weighted by Crippen LogP contribution is 2.25. The molecule has 0 saturated carbocycles. The quantitative estimate of drug-likeness (QED) is 0.711. The molecule has 0 bridgehead atoms. The van der Waals surface area contributed by atoms with E-state index in [1.807, 2.05) is 42.5 Å². The first kappa shape index (κ1) is 18.2. The molecule has 0 atom stereocenters. The average molecular weight is 376 g/mol. The average Bonchev–Trinajstić information content (AvgIpc) is 2.95. The molecule has 1 aromatic heterocycles. The van der Waals surface area contributed by atoms with E-state index in [-0.39, 0.29) is 5.91 Å². The van der Waals surface area contributed by atoms with Gasteiger partial charge in [0.2, 0.25) is 0 Å². The van der Waals surface area contributed by atoms with Crippen LogP contribution in [0.1, 0.15) is 41.3 Å². The van der Waals surface area contributed by atoms with Gasteiger partial charge in [-0.25, -0.2) is 0 Å². The third-order valence-corrected chi connectivity index (χ3v) is 4.92. The summed E-state index contributed by atoms with van der Waals surface area (Å²) in [6, 6.07) is 16.7. The first-order valence-corrected chi connectivity index (χ1v) is 9.82. The molecule has 0 unspecified atom stereocenters. The fourth-order valence-electron chi connectivity index (χ4n) is 3.47. The fourth-order valence-corrected chi connectivity index (χ4v) is 3.47. The van der Waals surface area contributed by atoms with Crippen molar-refractivity contribution in [2.75, 3.05) is 6.54 Å². The second-order valence-electron chi connectivity index (χ2n) is 6.91. The normalized spacial score (nSPS) is 13.4. The number of para-hydroxylation sites is 2. The van der Waals surface area contributed by atoms with E-state index in [1.165, 1.54) is 12.8 Å². The molecule has 3 aromatic rings. The first-order valence-electron chi connectivity index (χ1n) is 9.82. The summed E-state index contributed by atoms with van der Waals surface area (Å²) in [5.74, 6) is 3.12. The van der Waals surface area contributed by atoms with Crippen LogP contribution in [-0.2, 0) is 19.4 Å². The molecule has 6 heteroatoms. The summed E-state index contributed by atoms with van der Waals surface area (Å²) in [6.45, 7) is 1.48. The van der Waals surface area contributed by atoms with E-state index in [0.717, 1.165) is 31.0 Å². The van der Waals surface area contributed by atoms with Crippen LogP contribution in [0.15, 0.2) is 54.6 Å². The maximum Gasteiger partial charge on any atom is 0.255 e. The third-order valence-electron chi connectivity index (χ3n) is 4.92. The first-order chi connectivity index (χ1) is 13.8. The van der Waals surface area contributed by atoms with Gasteiger partial charge in [-0.1, -0.05) is 36.8 Å². The minimum atomic E-state index is -0.151. The van der Waals surface area contributed by atoms with E-state index in [9.17, 15) is 4.79 Å². The van der Waals surface area contributed by atoms with Crippen molar-refractivity contribution in [1.29, 1.82) is 0 Å². The second-order valence-corrected chi connectivity index (χ2v) is 6.91. The molecule has 1 N–H and O–H groups in total. The molecule has 4 rings (SSSR count). The largest absolute Gasteiger partial charge is 0.457 e. The van der Waals surface area contributed by atoms with Crippen LogP contribution in [-0.4, -0.2) is 27.2 Å². The van der Waals surface area contributed by atoms with E-state index >= 15 is 0 Å². The molecule has 0 radical (unpaired) electrons. The smallest absolute Gasteiger partial charge is 0.255 e. The number of nitrogens with zero attached hydrogens (tertiary/aromatic N) is 3. The standard InChI is InChI=1S/C22H24N4O2/c27-22(18-11-6-7-12-19(18)28-17-9-3-1-4-10-17)23-15-14-21-25-24-20-13-5-2-8-16-26(20)21/h1,3-4,6-7,9-12H,2,5,8,13-16H2,(H,23,27). The van der Waals surface area contributed by atoms with Gasteiger partial charge in [-0.15, -0.1) is 10.2 Å². The van der Waals surface area contributed by atoms with Gasteiger partial charge in [-0.05, 0) is 37.1 Å². The zero-order chi connectivity index (χ0) is 19.2. The van der Waals surface area contributed by atoms with Crippen molar-refractivity contribution >= 4 is 5.91 Å². The molecule has 144 valence electrons. The van der Waals surface area contributed by atoms with Gasteiger partial charge >= 0.3 is 0 Å². The topological polar surface area (TPSA) is 69.0 Å². The van der Waals surface area contributed by atoms with Crippen molar-refractivity contribution in [3.8, 4) is 11.5 Å². The molecule has 2 heterocycles. The Bertz CT molecular complexity index is 937. The van der Waals surface area contributed by atoms with E-state index in [4.69, 9.17) is 4.74 Å². The molecular formula is C22H24N4O2. The van der Waals surface area contributed by atoms with Gasteiger partial charge in [-0.3, -0.25) is 4.79 Å². The van der Waals surface area contributed by atoms with Crippen LogP contribution in [0.2, 0.25) is 0 Å². The summed E-state index contributed by atoms with van der Waals surface area (Å²) in [5.41, 5.74) is 0.520. The van der Waals surface area contributed by atoms with Gasteiger partial charge in [0.25, 0.3) is 5.91 Å². The zero-order valence-corrected chi connectivity index (χ0v) is 15.8. The zero-order valence-electron chi connectivity index (χ0n) is 15.8. The molecule has 0 spiro atoms. The Morgan fingerprint density at radius 1 is 1.00 bits per heavy atom. The maximum atomic E-state index is 12.7. The lowest BCUT2D eigenvalue weighted by atomic mass is 10.2. The van der Waals surface area contributed by atoms with Crippen molar-refractivity contribution < 1.29 is 9.53 Å². The van der Waals surface area contributed by atoms with Crippen LogP contribution in [0.5, 0.6) is 11.5 Å². The van der Waals surface area contributed by atoms with Crippen molar-refractivity contribution in [3.05, 3.63) is 71.8 Å². The Labute approximate surface area is 164 Å². The number of carbonyl (C=O) groups excluding carboxylic acids is 1. The van der Waals surface area contributed by atoms with Crippen LogP contribution in [0, 0.1) is 0 Å². The summed E-state index contributed by atoms with van der Waals surface area (Å²) in [4.78, 5) is 12.7. The summed E-state index contributed by atoms with van der Waals surface area (Å²) in [5, 5.41) is 11.6. The number of aryl methyl sites for hydroxylation is 1. The number of aromatic nitrogens is 3. The van der Waals surface area contributed by atoms with E-state index < -0.39 is 0 Å². The molecule has 1 amide bonds. The Hall–Kier alpha value is -3.15. The van der Waals surface area contributed by atoms with Gasteiger partial charge < -0.3 is 14.6 Å². The molecule has 0 fully saturated rings. The van der Waals surface area contributed by atoms with Gasteiger partial charge in [0, 0.05) is 25.9 Å². The Morgan fingerprint density at radius 2 is 1.82 bits per heavy atom. The molecule has 1 aliphatic rings. The van der Waals surface area contributed by atoms with Crippen LogP contribution in [0.3, 0.4) is 0 Å². The number of nitrogens with one attached hydrogen (secondary N) is 1. The van der Waals surface area contributed by atoms with Crippen LogP contribution in [0.4, 0.5) is 0 Å². The maximum absolute atomic E-state index is 12.7. The lowest BCUT2D eigenvalue weighted by Crippen LogP contribution is -2.27. The van der Waals surface area contributed by atoms with Crippen molar-refractivity contribution in [2.45, 2.75) is 38.6 Å². The third kappa shape index (κ3) is 4.22. The molecule has 6 nitrogen and oxygen atoms in total. The highest BCUT2D eigenvalue weighted by Gasteiger charge is 2.16. The summed E-state index contributed by atoms with van der Waals surface area (Å²) in [6.07, 6.45) is 5.23. The molecule has 0 aliphatic carbocycles. The number of carbonyl (C=O) groups is 1. The van der Waals surface area contributed by atoms with Gasteiger partial charge in [0.1, 0.15) is 23.1 Å². The summed E-state index contributed by atoms with van der Waals surface area (Å²) < 4.78 is 8.10. The van der Waals surface area contributed by atoms with Crippen LogP contribution in [0.25, 0.3) is 0 Å². The Kier molecular flexibility index (Phi) is 5.66. The van der Waals surface area contributed by atoms with Crippen molar-refractivity contribution in [3.63, 3.8) is 0 Å². The van der Waals surface area contributed by atoms with Crippen LogP contribution >= 0.6 is 0 Å². The molecular weight excluding hydrogens is 352 g/mol. The minimum absolute atomic E-state index is 0.151. The number of hydrogen-bond donors (Lipinski definition) is 1. The summed E-state index contributed by atoms with van der Waals surface area (Å²) >= 11 is 0. The van der Waals surface area contributed by atoms with E-state index in [0.29, 0.717) is 30.0 Å². The number of rotatable bonds is 6. The molecule has 1 aliphatic heterocycles. The predicted molar refractivity (Wildman–Crippen MR) is 107 cm³/mol. The molecule has 28 heavy (non-hydrogen) atoms. The van der Waals surface area contributed by atoms with E-state index in [2.05, 4.69) is 20.1 Å².